The van der Waals surface area contributed by atoms with Crippen LogP contribution in [0, 0.1) is 11.7 Å². The smallest absolute Gasteiger partial charge is 0.225 e. The minimum absolute atomic E-state index is 0.0357. The van der Waals surface area contributed by atoms with E-state index in [9.17, 15) is 14.0 Å². The van der Waals surface area contributed by atoms with Gasteiger partial charge in [0.15, 0.2) is 0 Å². The second-order valence-electron chi connectivity index (χ2n) is 5.52. The fourth-order valence-corrected chi connectivity index (χ4v) is 2.61. The van der Waals surface area contributed by atoms with Gasteiger partial charge in [-0.05, 0) is 18.9 Å². The summed E-state index contributed by atoms with van der Waals surface area (Å²) in [5.41, 5.74) is 0.454. The Labute approximate surface area is 124 Å². The molecule has 4 nitrogen and oxygen atoms in total. The number of carbonyl (C=O) groups excluding carboxylic acids is 2. The summed E-state index contributed by atoms with van der Waals surface area (Å²) in [6.45, 7) is 0.911. The summed E-state index contributed by atoms with van der Waals surface area (Å²) in [7, 11) is 1.78. The zero-order valence-electron chi connectivity index (χ0n) is 12.3. The molecule has 0 aromatic heterocycles. The Morgan fingerprint density at radius 2 is 2.14 bits per heavy atom. The minimum atomic E-state index is -0.330. The summed E-state index contributed by atoms with van der Waals surface area (Å²) in [6, 6.07) is 6.35. The van der Waals surface area contributed by atoms with Crippen molar-refractivity contribution >= 4 is 11.8 Å². The molecule has 0 radical (unpaired) electrons. The van der Waals surface area contributed by atoms with Crippen molar-refractivity contribution in [3.63, 3.8) is 0 Å². The molecule has 21 heavy (non-hydrogen) atoms. The predicted octanol–water partition coefficient (Wildman–Crippen LogP) is 2.09. The molecule has 0 spiro atoms. The highest BCUT2D eigenvalue weighted by Gasteiger charge is 2.26. The highest BCUT2D eigenvalue weighted by atomic mass is 19.1. The van der Waals surface area contributed by atoms with Gasteiger partial charge in [0.05, 0.1) is 0 Å². The van der Waals surface area contributed by atoms with Crippen LogP contribution < -0.4 is 5.32 Å². The van der Waals surface area contributed by atoms with E-state index in [-0.39, 0.29) is 36.5 Å². The van der Waals surface area contributed by atoms with Crippen LogP contribution in [-0.2, 0) is 16.1 Å². The van der Waals surface area contributed by atoms with Gasteiger partial charge in [-0.15, -0.1) is 0 Å². The number of benzene rings is 1. The maximum atomic E-state index is 13.5. The Morgan fingerprint density at radius 3 is 2.90 bits per heavy atom. The molecule has 2 rings (SSSR count). The number of hydrogen-bond donors (Lipinski definition) is 1. The molecular formula is C16H21FN2O2. The Bertz CT molecular complexity index is 519. The van der Waals surface area contributed by atoms with Gasteiger partial charge in [-0.25, -0.2) is 4.39 Å². The number of rotatable bonds is 4. The first-order valence-electron chi connectivity index (χ1n) is 7.33. The fraction of sp³-hybridized carbons (Fsp3) is 0.500. The van der Waals surface area contributed by atoms with E-state index in [4.69, 9.17) is 0 Å². The maximum Gasteiger partial charge on any atom is 0.225 e. The molecule has 1 aromatic rings. The zero-order chi connectivity index (χ0) is 15.2. The van der Waals surface area contributed by atoms with Crippen LogP contribution in [0.15, 0.2) is 24.3 Å². The quantitative estimate of drug-likeness (QED) is 0.924. The first kappa shape index (κ1) is 15.5. The van der Waals surface area contributed by atoms with E-state index in [2.05, 4.69) is 5.32 Å². The van der Waals surface area contributed by atoms with Gasteiger partial charge in [-0.1, -0.05) is 24.6 Å². The molecule has 1 aliphatic rings. The lowest BCUT2D eigenvalue weighted by Crippen LogP contribution is -2.35. The Morgan fingerprint density at radius 1 is 1.38 bits per heavy atom. The number of nitrogens with zero attached hydrogens (tertiary/aromatic N) is 1. The summed E-state index contributed by atoms with van der Waals surface area (Å²) < 4.78 is 13.5. The lowest BCUT2D eigenvalue weighted by atomic mass is 9.98. The highest BCUT2D eigenvalue weighted by molar-refractivity contribution is 5.85. The first-order chi connectivity index (χ1) is 10.1. The third-order valence-electron chi connectivity index (χ3n) is 3.89. The normalized spacial score (nSPS) is 19.2. The topological polar surface area (TPSA) is 49.4 Å². The van der Waals surface area contributed by atoms with Crippen LogP contribution in [0.2, 0.25) is 0 Å². The van der Waals surface area contributed by atoms with Crippen LogP contribution in [0.3, 0.4) is 0 Å². The van der Waals surface area contributed by atoms with Crippen molar-refractivity contribution in [1.82, 2.24) is 10.2 Å². The van der Waals surface area contributed by atoms with Crippen molar-refractivity contribution in [1.29, 1.82) is 0 Å². The summed E-state index contributed by atoms with van der Waals surface area (Å²) in [5.74, 6) is -0.748. The first-order valence-corrected chi connectivity index (χ1v) is 7.33. The molecule has 0 bridgehead atoms. The standard InChI is InChI=1S/C16H21FN2O2/c1-19-9-5-4-6-12(16(19)21)10-15(20)18-11-13-7-2-3-8-14(13)17/h2-3,7-8,12H,4-6,9-11H2,1H3,(H,18,20). The number of likely N-dealkylation sites (tertiary alicyclic amines) is 1. The second-order valence-corrected chi connectivity index (χ2v) is 5.52. The van der Waals surface area contributed by atoms with Gasteiger partial charge >= 0.3 is 0 Å². The van der Waals surface area contributed by atoms with Crippen LogP contribution in [0.1, 0.15) is 31.2 Å². The van der Waals surface area contributed by atoms with Crippen LogP contribution in [0.4, 0.5) is 4.39 Å². The van der Waals surface area contributed by atoms with Crippen LogP contribution in [0.5, 0.6) is 0 Å². The maximum absolute atomic E-state index is 13.5. The van der Waals surface area contributed by atoms with Crippen molar-refractivity contribution in [2.75, 3.05) is 13.6 Å². The Kier molecular flexibility index (Phi) is 5.31. The van der Waals surface area contributed by atoms with Gasteiger partial charge < -0.3 is 10.2 Å². The van der Waals surface area contributed by atoms with E-state index in [1.54, 1.807) is 30.1 Å². The lowest BCUT2D eigenvalue weighted by molar-refractivity contribution is -0.136. The van der Waals surface area contributed by atoms with Crippen molar-refractivity contribution in [2.45, 2.75) is 32.2 Å². The minimum Gasteiger partial charge on any atom is -0.352 e. The average molecular weight is 292 g/mol. The number of halogens is 1. The fourth-order valence-electron chi connectivity index (χ4n) is 2.61. The van der Waals surface area contributed by atoms with E-state index < -0.39 is 0 Å². The molecule has 0 aliphatic carbocycles. The van der Waals surface area contributed by atoms with Gasteiger partial charge in [0, 0.05) is 38.0 Å². The van der Waals surface area contributed by atoms with Gasteiger partial charge in [0.2, 0.25) is 11.8 Å². The molecule has 1 fully saturated rings. The van der Waals surface area contributed by atoms with Crippen molar-refractivity contribution in [2.24, 2.45) is 5.92 Å². The molecule has 2 amide bonds. The molecule has 1 saturated heterocycles. The molecule has 0 saturated carbocycles. The van der Waals surface area contributed by atoms with Crippen molar-refractivity contribution in [3.05, 3.63) is 35.6 Å². The van der Waals surface area contributed by atoms with Crippen molar-refractivity contribution < 1.29 is 14.0 Å². The largest absolute Gasteiger partial charge is 0.352 e. The van der Waals surface area contributed by atoms with Gasteiger partial charge in [0.25, 0.3) is 0 Å². The van der Waals surface area contributed by atoms with Crippen LogP contribution >= 0.6 is 0 Å². The number of hydrogen-bond acceptors (Lipinski definition) is 2. The summed E-state index contributed by atoms with van der Waals surface area (Å²) in [4.78, 5) is 25.7. The van der Waals surface area contributed by atoms with Gasteiger partial charge in [-0.2, -0.15) is 0 Å². The van der Waals surface area contributed by atoms with Gasteiger partial charge in [-0.3, -0.25) is 9.59 Å². The lowest BCUT2D eigenvalue weighted by Gasteiger charge is -2.19. The monoisotopic (exact) mass is 292 g/mol. The third-order valence-corrected chi connectivity index (χ3v) is 3.89. The number of carbonyl (C=O) groups is 2. The van der Waals surface area contributed by atoms with Gasteiger partial charge in [0.1, 0.15) is 5.82 Å². The summed E-state index contributed by atoms with van der Waals surface area (Å²) in [5, 5.41) is 2.69. The molecule has 1 unspecified atom stereocenters. The Hall–Kier alpha value is -1.91. The molecule has 1 heterocycles. The summed E-state index contributed by atoms with van der Waals surface area (Å²) in [6.07, 6.45) is 2.87. The number of amides is 2. The molecule has 1 N–H and O–H groups in total. The van der Waals surface area contributed by atoms with Crippen LogP contribution in [0.25, 0.3) is 0 Å². The zero-order valence-corrected chi connectivity index (χ0v) is 12.3. The third kappa shape index (κ3) is 4.28. The molecule has 1 atom stereocenters. The highest BCUT2D eigenvalue weighted by Crippen LogP contribution is 2.20. The molecule has 1 aliphatic heterocycles. The molecule has 114 valence electrons. The SMILES string of the molecule is CN1CCCCC(CC(=O)NCc2ccccc2F)C1=O. The van der Waals surface area contributed by atoms with E-state index in [1.807, 2.05) is 0 Å². The van der Waals surface area contributed by atoms with E-state index in [1.165, 1.54) is 6.07 Å². The Balaban J connectivity index is 1.86. The summed E-state index contributed by atoms with van der Waals surface area (Å²) >= 11 is 0. The van der Waals surface area contributed by atoms with E-state index in [0.29, 0.717) is 5.56 Å². The second kappa shape index (κ2) is 7.20. The van der Waals surface area contributed by atoms with Crippen molar-refractivity contribution in [3.8, 4) is 0 Å². The average Bonchev–Trinajstić information content (AvgIpc) is 2.62. The van der Waals surface area contributed by atoms with E-state index >= 15 is 0 Å². The molecular weight excluding hydrogens is 271 g/mol. The molecule has 1 aromatic carbocycles. The van der Waals surface area contributed by atoms with E-state index in [0.717, 1.165) is 25.8 Å². The number of nitrogens with one attached hydrogen (secondary N) is 1. The predicted molar refractivity (Wildman–Crippen MR) is 77.8 cm³/mol. The molecule has 5 heteroatoms. The van der Waals surface area contributed by atoms with Crippen LogP contribution in [-0.4, -0.2) is 30.3 Å².